The minimum atomic E-state index is -0.702. The third-order valence-corrected chi connectivity index (χ3v) is 11.6. The van der Waals surface area contributed by atoms with Crippen LogP contribution in [0.2, 0.25) is 0 Å². The zero-order valence-corrected chi connectivity index (χ0v) is 31.0. The van der Waals surface area contributed by atoms with Crippen LogP contribution in [-0.4, -0.2) is 79.5 Å². The van der Waals surface area contributed by atoms with Gasteiger partial charge in [0.05, 0.1) is 12.6 Å². The second-order valence-electron chi connectivity index (χ2n) is 16.4. The second-order valence-corrected chi connectivity index (χ2v) is 16.4. The van der Waals surface area contributed by atoms with Crippen molar-refractivity contribution in [3.8, 4) is 0 Å². The van der Waals surface area contributed by atoms with E-state index in [2.05, 4.69) is 10.6 Å². The quantitative estimate of drug-likeness (QED) is 0.242. The average Bonchev–Trinajstić information content (AvgIpc) is 3.78. The molecule has 12 heteroatoms. The Labute approximate surface area is 306 Å². The van der Waals surface area contributed by atoms with Crippen molar-refractivity contribution in [1.29, 1.82) is 0 Å². The zero-order chi connectivity index (χ0) is 36.8. The Morgan fingerprint density at radius 2 is 1.67 bits per heavy atom. The van der Waals surface area contributed by atoms with Crippen LogP contribution in [0.3, 0.4) is 0 Å². The molecule has 3 atom stereocenters. The van der Waals surface area contributed by atoms with E-state index in [-0.39, 0.29) is 41.2 Å². The molecule has 1 aromatic carbocycles. The minimum Gasteiger partial charge on any atom is -0.460 e. The van der Waals surface area contributed by atoms with E-state index in [1.807, 2.05) is 4.90 Å². The van der Waals surface area contributed by atoms with Crippen molar-refractivity contribution in [3.63, 3.8) is 0 Å². The van der Waals surface area contributed by atoms with Crippen molar-refractivity contribution in [2.75, 3.05) is 38.4 Å². The Kier molecular flexibility index (Phi) is 12.4. The predicted molar refractivity (Wildman–Crippen MR) is 193 cm³/mol. The maximum absolute atomic E-state index is 14.2. The van der Waals surface area contributed by atoms with Crippen molar-refractivity contribution in [2.24, 2.45) is 29.6 Å². The number of hydrogen-bond donors (Lipinski definition) is 2. The third-order valence-electron chi connectivity index (χ3n) is 11.6. The lowest BCUT2D eigenvalue weighted by atomic mass is 9.76. The van der Waals surface area contributed by atoms with Crippen molar-refractivity contribution < 1.29 is 42.2 Å². The lowest BCUT2D eigenvalue weighted by molar-refractivity contribution is -0.142. The molecule has 0 spiro atoms. The van der Waals surface area contributed by atoms with Crippen LogP contribution in [0.15, 0.2) is 28.7 Å². The van der Waals surface area contributed by atoms with E-state index in [0.717, 1.165) is 44.9 Å². The number of rotatable bonds is 10. The number of nitrogens with one attached hydrogen (secondary N) is 2. The molecule has 2 saturated carbocycles. The van der Waals surface area contributed by atoms with Crippen LogP contribution in [0.25, 0.3) is 11.0 Å². The van der Waals surface area contributed by atoms with E-state index < -0.39 is 36.4 Å². The van der Waals surface area contributed by atoms with Gasteiger partial charge in [-0.3, -0.25) is 9.59 Å². The molecule has 6 rings (SSSR count). The average molecular weight is 726 g/mol. The maximum atomic E-state index is 14.2. The van der Waals surface area contributed by atoms with Gasteiger partial charge in [0.25, 0.3) is 0 Å². The van der Waals surface area contributed by atoms with Crippen LogP contribution in [0, 0.1) is 29.6 Å². The summed E-state index contributed by atoms with van der Waals surface area (Å²) in [7, 11) is 0. The number of esters is 1. The molecular formula is C40H56FN3O8. The summed E-state index contributed by atoms with van der Waals surface area (Å²) < 4.78 is 36.1. The fraction of sp³-hybridized carbons (Fsp3) is 0.700. The summed E-state index contributed by atoms with van der Waals surface area (Å²) in [5.41, 5.74) is 0.400. The Bertz CT molecular complexity index is 1550. The van der Waals surface area contributed by atoms with Gasteiger partial charge in [0, 0.05) is 36.8 Å². The Balaban J connectivity index is 1.10. The van der Waals surface area contributed by atoms with Crippen LogP contribution in [-0.2, 0) is 23.8 Å². The molecular weight excluding hydrogens is 669 g/mol. The number of amides is 3. The highest BCUT2D eigenvalue weighted by Crippen LogP contribution is 2.41. The normalized spacial score (nSPS) is 25.4. The van der Waals surface area contributed by atoms with Crippen LogP contribution in [0.1, 0.15) is 108 Å². The molecule has 3 amide bonds. The van der Waals surface area contributed by atoms with Crippen molar-refractivity contribution >= 4 is 40.5 Å². The van der Waals surface area contributed by atoms with Gasteiger partial charge in [0.1, 0.15) is 23.9 Å². The van der Waals surface area contributed by atoms with E-state index >= 15 is 0 Å². The van der Waals surface area contributed by atoms with E-state index in [0.29, 0.717) is 74.6 Å². The van der Waals surface area contributed by atoms with Crippen molar-refractivity contribution in [2.45, 2.75) is 116 Å². The molecule has 2 saturated heterocycles. The maximum Gasteiger partial charge on any atom is 0.407 e. The molecule has 4 fully saturated rings. The number of alkyl carbamates (subject to hydrolysis) is 1. The molecule has 11 nitrogen and oxygen atoms in total. The Hall–Kier alpha value is -3.67. The van der Waals surface area contributed by atoms with E-state index in [9.17, 15) is 23.6 Å². The van der Waals surface area contributed by atoms with E-state index in [1.54, 1.807) is 45.0 Å². The monoisotopic (exact) mass is 725 g/mol. The van der Waals surface area contributed by atoms with Gasteiger partial charge in [-0.2, -0.15) is 0 Å². The number of carbonyl (C=O) groups is 4. The molecule has 2 aliphatic carbocycles. The van der Waals surface area contributed by atoms with Gasteiger partial charge in [0.2, 0.25) is 17.6 Å². The number of anilines is 1. The summed E-state index contributed by atoms with van der Waals surface area (Å²) in [5.74, 6) is -0.235. The molecule has 0 unspecified atom stereocenters. The van der Waals surface area contributed by atoms with Gasteiger partial charge in [-0.15, -0.1) is 0 Å². The standard InChI is InChI=1S/C40H56FN3O8/c1-40(2,3)52-39(48)43-32(23-41)27-9-11-28(12-10-27)37(46)44-18-15-31(26-7-5-4-6-8-26)35(44)36(45)42-30-13-14-33-29(21-30)22-34(51-33)38(47)50-24-25-16-19-49-20-17-25/h13-14,21-22,25-28,31-32,35H,4-12,15-20,23-24H2,1-3H3,(H,42,45)(H,43,48)/t27?,28?,31-,32+,35-/m0/s1. The number of nitrogens with zero attached hydrogens (tertiary/aromatic N) is 1. The number of hydrogen-bond acceptors (Lipinski definition) is 8. The fourth-order valence-electron chi connectivity index (χ4n) is 8.82. The number of ether oxygens (including phenoxy) is 3. The highest BCUT2D eigenvalue weighted by Gasteiger charge is 2.47. The molecule has 3 heterocycles. The summed E-state index contributed by atoms with van der Waals surface area (Å²) in [6, 6.07) is 5.66. The lowest BCUT2D eigenvalue weighted by Gasteiger charge is -2.37. The van der Waals surface area contributed by atoms with Gasteiger partial charge in [0.15, 0.2) is 0 Å². The number of alkyl halides is 1. The Morgan fingerprint density at radius 1 is 0.942 bits per heavy atom. The van der Waals surface area contributed by atoms with Gasteiger partial charge < -0.3 is 34.2 Å². The Morgan fingerprint density at radius 3 is 2.37 bits per heavy atom. The lowest BCUT2D eigenvalue weighted by Crippen LogP contribution is -2.50. The number of halogens is 1. The number of likely N-dealkylation sites (tertiary alicyclic amines) is 1. The number of benzene rings is 1. The zero-order valence-electron chi connectivity index (χ0n) is 31.0. The van der Waals surface area contributed by atoms with E-state index in [4.69, 9.17) is 18.6 Å². The van der Waals surface area contributed by atoms with Gasteiger partial charge in [-0.25, -0.2) is 14.0 Å². The molecule has 1 aromatic heterocycles. The topological polar surface area (TPSA) is 136 Å². The highest BCUT2D eigenvalue weighted by atomic mass is 19.1. The molecule has 286 valence electrons. The third kappa shape index (κ3) is 9.46. The molecule has 4 aliphatic rings. The van der Waals surface area contributed by atoms with Crippen LogP contribution < -0.4 is 10.6 Å². The second kappa shape index (κ2) is 17.0. The van der Waals surface area contributed by atoms with E-state index in [1.165, 1.54) is 6.42 Å². The van der Waals surface area contributed by atoms with Crippen LogP contribution in [0.4, 0.5) is 14.9 Å². The number of fused-ring (bicyclic) bond motifs is 1. The first-order valence-corrected chi connectivity index (χ1v) is 19.4. The van der Waals surface area contributed by atoms with Crippen LogP contribution in [0.5, 0.6) is 0 Å². The number of carbonyl (C=O) groups excluding carboxylic acids is 4. The SMILES string of the molecule is CC(C)(C)OC(=O)N[C@H](CF)C1CCC(C(=O)N2CC[C@@H](C3CCCCC3)[C@H]2C(=O)Nc2ccc3oc(C(=O)OCC4CCOCC4)cc3c2)CC1. The summed E-state index contributed by atoms with van der Waals surface area (Å²) >= 11 is 0. The smallest absolute Gasteiger partial charge is 0.407 e. The molecule has 2 N–H and O–H groups in total. The first kappa shape index (κ1) is 38.1. The summed E-state index contributed by atoms with van der Waals surface area (Å²) in [5, 5.41) is 6.48. The summed E-state index contributed by atoms with van der Waals surface area (Å²) in [4.78, 5) is 55.4. The summed E-state index contributed by atoms with van der Waals surface area (Å²) in [6.07, 6.45) is 9.82. The molecule has 52 heavy (non-hydrogen) atoms. The van der Waals surface area contributed by atoms with Gasteiger partial charge in [-0.05, 0) is 114 Å². The molecule has 2 aliphatic heterocycles. The van der Waals surface area contributed by atoms with Crippen molar-refractivity contribution in [1.82, 2.24) is 10.2 Å². The largest absolute Gasteiger partial charge is 0.460 e. The van der Waals surface area contributed by atoms with Gasteiger partial charge >= 0.3 is 12.1 Å². The molecule has 0 radical (unpaired) electrons. The molecule has 2 aromatic rings. The predicted octanol–water partition coefficient (Wildman–Crippen LogP) is 7.42. The summed E-state index contributed by atoms with van der Waals surface area (Å²) in [6.45, 7) is 6.80. The first-order chi connectivity index (χ1) is 25.0. The van der Waals surface area contributed by atoms with Crippen LogP contribution >= 0.6 is 0 Å². The number of furan rings is 1. The minimum absolute atomic E-state index is 0.0111. The van der Waals surface area contributed by atoms with Gasteiger partial charge in [-0.1, -0.05) is 32.1 Å². The fourth-order valence-corrected chi connectivity index (χ4v) is 8.82. The molecule has 0 bridgehead atoms. The van der Waals surface area contributed by atoms with Crippen molar-refractivity contribution in [3.05, 3.63) is 30.0 Å². The highest BCUT2D eigenvalue weighted by molar-refractivity contribution is 6.00. The first-order valence-electron chi connectivity index (χ1n) is 19.4.